The molecule has 1 heterocycles. The Morgan fingerprint density at radius 2 is 2.00 bits per heavy atom. The van der Waals surface area contributed by atoms with Crippen molar-refractivity contribution in [3.05, 3.63) is 54.1 Å². The van der Waals surface area contributed by atoms with Gasteiger partial charge in [0.05, 0.1) is 0 Å². The molecule has 1 atom stereocenters. The van der Waals surface area contributed by atoms with Crippen molar-refractivity contribution >= 4 is 0 Å². The number of rotatable bonds is 7. The molecular formula is C19H23NO3. The Morgan fingerprint density at radius 3 is 2.83 bits per heavy atom. The number of fused-ring (bicyclic) bond motifs is 1. The number of benzene rings is 2. The number of aliphatic hydroxyl groups excluding tert-OH is 1. The second-order valence-electron chi connectivity index (χ2n) is 5.74. The summed E-state index contributed by atoms with van der Waals surface area (Å²) < 4.78 is 12.0. The minimum absolute atomic E-state index is 0.174. The summed E-state index contributed by atoms with van der Waals surface area (Å²) in [7, 11) is 0. The Bertz CT molecular complexity index is 615. The van der Waals surface area contributed by atoms with Gasteiger partial charge < -0.3 is 19.9 Å². The Kier molecular flexibility index (Phi) is 5.51. The van der Waals surface area contributed by atoms with Gasteiger partial charge >= 0.3 is 0 Å². The molecule has 0 radical (unpaired) electrons. The predicted octanol–water partition coefficient (Wildman–Crippen LogP) is 3.14. The minimum Gasteiger partial charge on any atom is -0.489 e. The molecule has 0 aromatic heterocycles. The summed E-state index contributed by atoms with van der Waals surface area (Å²) in [5.41, 5.74) is 1.23. The number of para-hydroxylation sites is 1. The second-order valence-corrected chi connectivity index (χ2v) is 5.74. The van der Waals surface area contributed by atoms with E-state index in [9.17, 15) is 0 Å². The molecule has 3 rings (SSSR count). The van der Waals surface area contributed by atoms with Crippen LogP contribution in [0, 0.1) is 0 Å². The van der Waals surface area contributed by atoms with Gasteiger partial charge in [-0.1, -0.05) is 24.3 Å². The highest BCUT2D eigenvalue weighted by molar-refractivity contribution is 5.43. The van der Waals surface area contributed by atoms with E-state index in [0.717, 1.165) is 49.6 Å². The van der Waals surface area contributed by atoms with Crippen LogP contribution in [0.4, 0.5) is 0 Å². The zero-order valence-corrected chi connectivity index (χ0v) is 13.2. The number of aliphatic hydroxyl groups is 1. The third kappa shape index (κ3) is 4.47. The van der Waals surface area contributed by atoms with Gasteiger partial charge in [-0.3, -0.25) is 0 Å². The number of nitrogens with one attached hydrogen (secondary N) is 1. The van der Waals surface area contributed by atoms with Gasteiger partial charge in [-0.15, -0.1) is 0 Å². The summed E-state index contributed by atoms with van der Waals surface area (Å²) in [6.45, 7) is 1.85. The van der Waals surface area contributed by atoms with Gasteiger partial charge in [-0.2, -0.15) is 0 Å². The van der Waals surface area contributed by atoms with Crippen LogP contribution in [0.3, 0.4) is 0 Å². The summed E-state index contributed by atoms with van der Waals surface area (Å²) in [5, 5.41) is 12.1. The molecule has 0 fully saturated rings. The van der Waals surface area contributed by atoms with Crippen LogP contribution < -0.4 is 14.8 Å². The third-order valence-corrected chi connectivity index (χ3v) is 3.93. The van der Waals surface area contributed by atoms with Gasteiger partial charge in [-0.05, 0) is 49.6 Å². The molecule has 122 valence electrons. The fraction of sp³-hybridized carbons (Fsp3) is 0.368. The normalized spacial score (nSPS) is 16.5. The lowest BCUT2D eigenvalue weighted by molar-refractivity contribution is 0.169. The van der Waals surface area contributed by atoms with Crippen LogP contribution in [0.1, 0.15) is 18.4 Å². The Balaban J connectivity index is 1.61. The topological polar surface area (TPSA) is 50.7 Å². The van der Waals surface area contributed by atoms with Crippen molar-refractivity contribution in [1.29, 1.82) is 0 Å². The monoisotopic (exact) mass is 313 g/mol. The van der Waals surface area contributed by atoms with E-state index < -0.39 is 0 Å². The number of hydrogen-bond acceptors (Lipinski definition) is 4. The molecular weight excluding hydrogens is 290 g/mol. The summed E-state index contributed by atoms with van der Waals surface area (Å²) >= 11 is 0. The lowest BCUT2D eigenvalue weighted by Crippen LogP contribution is -2.34. The van der Waals surface area contributed by atoms with Crippen LogP contribution in [-0.2, 0) is 6.42 Å². The Hall–Kier alpha value is -2.04. The van der Waals surface area contributed by atoms with Crippen molar-refractivity contribution in [3.63, 3.8) is 0 Å². The molecule has 4 heteroatoms. The van der Waals surface area contributed by atoms with E-state index in [-0.39, 0.29) is 12.7 Å². The molecule has 2 N–H and O–H groups in total. The quantitative estimate of drug-likeness (QED) is 0.771. The minimum atomic E-state index is 0.174. The van der Waals surface area contributed by atoms with E-state index in [1.54, 1.807) is 0 Å². The summed E-state index contributed by atoms with van der Waals surface area (Å²) in [6.07, 6.45) is 2.98. The molecule has 2 aromatic rings. The fourth-order valence-corrected chi connectivity index (χ4v) is 2.71. The average molecular weight is 313 g/mol. The molecule has 4 nitrogen and oxygen atoms in total. The zero-order valence-electron chi connectivity index (χ0n) is 13.2. The first-order chi connectivity index (χ1) is 11.3. The van der Waals surface area contributed by atoms with Crippen molar-refractivity contribution < 1.29 is 14.6 Å². The predicted molar refractivity (Wildman–Crippen MR) is 90.3 cm³/mol. The Labute approximate surface area is 137 Å². The van der Waals surface area contributed by atoms with Gasteiger partial charge in [-0.25, -0.2) is 0 Å². The van der Waals surface area contributed by atoms with Crippen LogP contribution in [0.5, 0.6) is 17.2 Å². The van der Waals surface area contributed by atoms with Crippen molar-refractivity contribution in [2.24, 2.45) is 0 Å². The zero-order chi connectivity index (χ0) is 15.9. The van der Waals surface area contributed by atoms with Crippen molar-refractivity contribution in [2.45, 2.75) is 25.4 Å². The molecule has 0 saturated heterocycles. The van der Waals surface area contributed by atoms with Gasteiger partial charge in [0.25, 0.3) is 0 Å². The van der Waals surface area contributed by atoms with Crippen molar-refractivity contribution in [1.82, 2.24) is 5.32 Å². The largest absolute Gasteiger partial charge is 0.489 e. The molecule has 1 unspecified atom stereocenters. The number of ether oxygens (including phenoxy) is 2. The maximum absolute atomic E-state index is 8.80. The molecule has 1 aliphatic rings. The number of aryl methyl sites for hydroxylation is 1. The molecule has 0 aliphatic carbocycles. The van der Waals surface area contributed by atoms with Crippen LogP contribution in [0.25, 0.3) is 0 Å². The number of hydrogen-bond donors (Lipinski definition) is 2. The molecule has 23 heavy (non-hydrogen) atoms. The molecule has 2 aromatic carbocycles. The average Bonchev–Trinajstić information content (AvgIpc) is 2.59. The lowest BCUT2D eigenvalue weighted by Gasteiger charge is -2.26. The van der Waals surface area contributed by atoms with E-state index in [2.05, 4.69) is 11.4 Å². The van der Waals surface area contributed by atoms with Crippen molar-refractivity contribution in [2.75, 3.05) is 19.7 Å². The van der Waals surface area contributed by atoms with Crippen LogP contribution in [-0.4, -0.2) is 30.9 Å². The van der Waals surface area contributed by atoms with E-state index in [1.165, 1.54) is 5.56 Å². The van der Waals surface area contributed by atoms with Crippen molar-refractivity contribution in [3.8, 4) is 17.2 Å². The molecule has 0 spiro atoms. The van der Waals surface area contributed by atoms with E-state index in [1.807, 2.05) is 42.5 Å². The highest BCUT2D eigenvalue weighted by atomic mass is 16.5. The van der Waals surface area contributed by atoms with Crippen LogP contribution >= 0.6 is 0 Å². The SMILES string of the molecule is OCCCNCC1CCc2ccc(Oc3ccccc3)cc2O1. The maximum atomic E-state index is 8.80. The second kappa shape index (κ2) is 7.99. The van der Waals surface area contributed by atoms with Crippen LogP contribution in [0.2, 0.25) is 0 Å². The summed E-state index contributed by atoms with van der Waals surface area (Å²) in [6, 6.07) is 15.8. The molecule has 1 aliphatic heterocycles. The molecule has 0 bridgehead atoms. The molecule has 0 saturated carbocycles. The highest BCUT2D eigenvalue weighted by Gasteiger charge is 2.20. The van der Waals surface area contributed by atoms with E-state index >= 15 is 0 Å². The molecule has 0 amide bonds. The van der Waals surface area contributed by atoms with E-state index in [4.69, 9.17) is 14.6 Å². The van der Waals surface area contributed by atoms with E-state index in [0.29, 0.717) is 0 Å². The maximum Gasteiger partial charge on any atom is 0.131 e. The standard InChI is InChI=1S/C19H23NO3/c21-12-4-11-20-14-18-10-8-15-7-9-17(13-19(15)23-18)22-16-5-2-1-3-6-16/h1-3,5-7,9,13,18,20-21H,4,8,10-12,14H2. The highest BCUT2D eigenvalue weighted by Crippen LogP contribution is 2.33. The smallest absolute Gasteiger partial charge is 0.131 e. The summed E-state index contributed by atoms with van der Waals surface area (Å²) in [5.74, 6) is 2.54. The first-order valence-electron chi connectivity index (χ1n) is 8.19. The first-order valence-corrected chi connectivity index (χ1v) is 8.19. The van der Waals surface area contributed by atoms with Gasteiger partial charge in [0.1, 0.15) is 23.4 Å². The lowest BCUT2D eigenvalue weighted by atomic mass is 10.0. The van der Waals surface area contributed by atoms with Gasteiger partial charge in [0.15, 0.2) is 0 Å². The third-order valence-electron chi connectivity index (χ3n) is 3.93. The fourth-order valence-electron chi connectivity index (χ4n) is 2.71. The van der Waals surface area contributed by atoms with Gasteiger partial charge in [0, 0.05) is 19.2 Å². The summed E-state index contributed by atoms with van der Waals surface area (Å²) in [4.78, 5) is 0. The first kappa shape index (κ1) is 15.8. The Morgan fingerprint density at radius 1 is 1.13 bits per heavy atom. The van der Waals surface area contributed by atoms with Gasteiger partial charge in [0.2, 0.25) is 0 Å². The van der Waals surface area contributed by atoms with Crippen LogP contribution in [0.15, 0.2) is 48.5 Å².